The Morgan fingerprint density at radius 1 is 1.06 bits per heavy atom. The number of esters is 1. The summed E-state index contributed by atoms with van der Waals surface area (Å²) in [6.07, 6.45) is -1.50. The van der Waals surface area contributed by atoms with Crippen LogP contribution in [0.3, 0.4) is 0 Å². The monoisotopic (exact) mass is 256 g/mol. The molecule has 0 radical (unpaired) electrons. The summed E-state index contributed by atoms with van der Waals surface area (Å²) < 4.78 is 19.8. The molecule has 0 fully saturated rings. The van der Waals surface area contributed by atoms with Crippen LogP contribution in [0.2, 0.25) is 0 Å². The Morgan fingerprint density at radius 3 is 2.06 bits per heavy atom. The normalized spacial score (nSPS) is 11.6. The average molecular weight is 256 g/mol. The average Bonchev–Trinajstić information content (AvgIpc) is 2.43. The lowest BCUT2D eigenvalue weighted by Gasteiger charge is -2.18. The summed E-state index contributed by atoms with van der Waals surface area (Å²) in [5.74, 6) is 0.122. The SMILES string of the molecule is COC(=O)C(O)c1c(OC)ccc(OC)c1OC. The highest BCUT2D eigenvalue weighted by atomic mass is 16.5. The van der Waals surface area contributed by atoms with Gasteiger partial charge in [0.05, 0.1) is 34.0 Å². The predicted molar refractivity (Wildman–Crippen MR) is 63.1 cm³/mol. The van der Waals surface area contributed by atoms with Gasteiger partial charge in [0.1, 0.15) is 5.75 Å². The molecule has 0 aliphatic heterocycles. The molecular formula is C12H16O6. The van der Waals surface area contributed by atoms with Gasteiger partial charge in [-0.2, -0.15) is 0 Å². The summed E-state index contributed by atoms with van der Waals surface area (Å²) in [4.78, 5) is 11.4. The van der Waals surface area contributed by atoms with Crippen molar-refractivity contribution in [2.45, 2.75) is 6.10 Å². The summed E-state index contributed by atoms with van der Waals surface area (Å²) in [6, 6.07) is 3.19. The zero-order valence-corrected chi connectivity index (χ0v) is 10.7. The van der Waals surface area contributed by atoms with Gasteiger partial charge in [-0.25, -0.2) is 4.79 Å². The number of ether oxygens (including phenoxy) is 4. The minimum Gasteiger partial charge on any atom is -0.496 e. The van der Waals surface area contributed by atoms with Crippen molar-refractivity contribution in [3.63, 3.8) is 0 Å². The lowest BCUT2D eigenvalue weighted by Crippen LogP contribution is -2.15. The van der Waals surface area contributed by atoms with E-state index in [0.717, 1.165) is 0 Å². The Morgan fingerprint density at radius 2 is 1.61 bits per heavy atom. The van der Waals surface area contributed by atoms with Gasteiger partial charge in [0.25, 0.3) is 0 Å². The second-order valence-electron chi connectivity index (χ2n) is 3.34. The van der Waals surface area contributed by atoms with Gasteiger partial charge in [-0.3, -0.25) is 0 Å². The summed E-state index contributed by atoms with van der Waals surface area (Å²) >= 11 is 0. The minimum absolute atomic E-state index is 0.172. The molecule has 0 spiro atoms. The van der Waals surface area contributed by atoms with Crippen LogP contribution < -0.4 is 14.2 Å². The van der Waals surface area contributed by atoms with Crippen LogP contribution in [0, 0.1) is 0 Å². The molecule has 6 nitrogen and oxygen atoms in total. The molecule has 0 bridgehead atoms. The highest BCUT2D eigenvalue weighted by Gasteiger charge is 2.28. The second-order valence-corrected chi connectivity index (χ2v) is 3.34. The molecule has 0 saturated heterocycles. The Balaban J connectivity index is 3.40. The third-order valence-corrected chi connectivity index (χ3v) is 2.46. The molecule has 0 aliphatic carbocycles. The molecule has 0 saturated carbocycles. The van der Waals surface area contributed by atoms with E-state index in [1.807, 2.05) is 0 Å². The van der Waals surface area contributed by atoms with Gasteiger partial charge in [-0.1, -0.05) is 0 Å². The van der Waals surface area contributed by atoms with E-state index in [9.17, 15) is 9.90 Å². The van der Waals surface area contributed by atoms with Crippen molar-refractivity contribution in [1.82, 2.24) is 0 Å². The fourth-order valence-electron chi connectivity index (χ4n) is 1.60. The zero-order valence-electron chi connectivity index (χ0n) is 10.7. The second kappa shape index (κ2) is 6.11. The van der Waals surface area contributed by atoms with Crippen molar-refractivity contribution >= 4 is 5.97 Å². The quantitative estimate of drug-likeness (QED) is 0.790. The number of aliphatic hydroxyl groups excluding tert-OH is 1. The Hall–Kier alpha value is -1.95. The first-order valence-electron chi connectivity index (χ1n) is 5.15. The van der Waals surface area contributed by atoms with Crippen LogP contribution in [0.4, 0.5) is 0 Å². The lowest BCUT2D eigenvalue weighted by molar-refractivity contribution is -0.150. The van der Waals surface area contributed by atoms with E-state index in [-0.39, 0.29) is 11.3 Å². The summed E-state index contributed by atoms with van der Waals surface area (Å²) in [5, 5.41) is 9.94. The molecule has 1 rings (SSSR count). The highest BCUT2D eigenvalue weighted by Crippen LogP contribution is 2.41. The van der Waals surface area contributed by atoms with E-state index in [2.05, 4.69) is 4.74 Å². The first-order valence-corrected chi connectivity index (χ1v) is 5.15. The van der Waals surface area contributed by atoms with Crippen LogP contribution >= 0.6 is 0 Å². The summed E-state index contributed by atoms with van der Waals surface area (Å²) in [5.41, 5.74) is 0.172. The summed E-state index contributed by atoms with van der Waals surface area (Å²) in [7, 11) is 5.48. The molecule has 1 unspecified atom stereocenters. The van der Waals surface area contributed by atoms with Crippen LogP contribution in [-0.2, 0) is 9.53 Å². The van der Waals surface area contributed by atoms with E-state index >= 15 is 0 Å². The molecule has 0 heterocycles. The fraction of sp³-hybridized carbons (Fsp3) is 0.417. The number of hydrogen-bond donors (Lipinski definition) is 1. The van der Waals surface area contributed by atoms with Crippen LogP contribution in [0.25, 0.3) is 0 Å². The van der Waals surface area contributed by atoms with E-state index in [0.29, 0.717) is 11.5 Å². The van der Waals surface area contributed by atoms with E-state index < -0.39 is 12.1 Å². The maximum absolute atomic E-state index is 11.4. The number of carbonyl (C=O) groups is 1. The van der Waals surface area contributed by atoms with Crippen molar-refractivity contribution in [1.29, 1.82) is 0 Å². The van der Waals surface area contributed by atoms with Crippen molar-refractivity contribution in [3.05, 3.63) is 17.7 Å². The molecule has 1 N–H and O–H groups in total. The van der Waals surface area contributed by atoms with Crippen LogP contribution in [-0.4, -0.2) is 39.5 Å². The topological polar surface area (TPSA) is 74.2 Å². The number of benzene rings is 1. The first-order chi connectivity index (χ1) is 8.60. The first kappa shape index (κ1) is 14.1. The maximum atomic E-state index is 11.4. The Kier molecular flexibility index (Phi) is 4.79. The molecule has 100 valence electrons. The van der Waals surface area contributed by atoms with Gasteiger partial charge in [0.2, 0.25) is 0 Å². The molecule has 0 aromatic heterocycles. The number of hydrogen-bond acceptors (Lipinski definition) is 6. The molecule has 1 atom stereocenters. The predicted octanol–water partition coefficient (Wildman–Crippen LogP) is 0.919. The number of rotatable bonds is 5. The van der Waals surface area contributed by atoms with Gasteiger partial charge in [0.15, 0.2) is 17.6 Å². The molecule has 6 heteroatoms. The Bertz CT molecular complexity index is 429. The Labute approximate surface area is 105 Å². The molecule has 0 amide bonds. The molecule has 1 aromatic rings. The lowest BCUT2D eigenvalue weighted by atomic mass is 10.1. The van der Waals surface area contributed by atoms with E-state index in [4.69, 9.17) is 14.2 Å². The van der Waals surface area contributed by atoms with Gasteiger partial charge in [-0.15, -0.1) is 0 Å². The van der Waals surface area contributed by atoms with E-state index in [1.165, 1.54) is 28.4 Å². The van der Waals surface area contributed by atoms with Crippen molar-refractivity contribution in [3.8, 4) is 17.2 Å². The standard InChI is InChI=1S/C12H16O6/c1-15-7-5-6-8(16-2)11(17-3)9(7)10(13)12(14)18-4/h5-6,10,13H,1-4H3. The van der Waals surface area contributed by atoms with Gasteiger partial charge >= 0.3 is 5.97 Å². The van der Waals surface area contributed by atoms with E-state index in [1.54, 1.807) is 12.1 Å². The molecule has 0 aliphatic rings. The highest BCUT2D eigenvalue weighted by molar-refractivity contribution is 5.79. The van der Waals surface area contributed by atoms with Gasteiger partial charge < -0.3 is 24.1 Å². The summed E-state index contributed by atoms with van der Waals surface area (Å²) in [6.45, 7) is 0. The van der Waals surface area contributed by atoms with Crippen molar-refractivity contribution < 1.29 is 28.8 Å². The zero-order chi connectivity index (χ0) is 13.7. The van der Waals surface area contributed by atoms with Gasteiger partial charge in [-0.05, 0) is 12.1 Å². The molecule has 1 aromatic carbocycles. The van der Waals surface area contributed by atoms with Gasteiger partial charge in [0, 0.05) is 0 Å². The van der Waals surface area contributed by atoms with Crippen LogP contribution in [0.5, 0.6) is 17.2 Å². The fourth-order valence-corrected chi connectivity index (χ4v) is 1.60. The third-order valence-electron chi connectivity index (χ3n) is 2.46. The van der Waals surface area contributed by atoms with Crippen molar-refractivity contribution in [2.75, 3.05) is 28.4 Å². The smallest absolute Gasteiger partial charge is 0.339 e. The largest absolute Gasteiger partial charge is 0.496 e. The molecular weight excluding hydrogens is 240 g/mol. The third kappa shape index (κ3) is 2.48. The number of aliphatic hydroxyl groups is 1. The molecule has 18 heavy (non-hydrogen) atoms. The van der Waals surface area contributed by atoms with Crippen LogP contribution in [0.15, 0.2) is 12.1 Å². The number of carbonyl (C=O) groups excluding carboxylic acids is 1. The van der Waals surface area contributed by atoms with Crippen LogP contribution in [0.1, 0.15) is 11.7 Å². The number of methoxy groups -OCH3 is 4. The van der Waals surface area contributed by atoms with Crippen molar-refractivity contribution in [2.24, 2.45) is 0 Å². The minimum atomic E-state index is -1.50. The maximum Gasteiger partial charge on any atom is 0.339 e.